The molecule has 0 amide bonds. The second-order valence-electron chi connectivity index (χ2n) is 30.1. The van der Waals surface area contributed by atoms with Crippen molar-refractivity contribution in [2.75, 3.05) is 74.7 Å². The van der Waals surface area contributed by atoms with Crippen LogP contribution in [-0.4, -0.2) is 161 Å². The Hall–Kier alpha value is -16.5. The summed E-state index contributed by atoms with van der Waals surface area (Å²) in [6.07, 6.45) is 32.5. The van der Waals surface area contributed by atoms with E-state index < -0.39 is 0 Å². The van der Waals surface area contributed by atoms with Crippen LogP contribution in [0.4, 0.5) is 40.6 Å². The quantitative estimate of drug-likeness (QED) is 0.0313. The molecule has 674 valence electrons. The molecule has 1 aliphatic carbocycles. The van der Waals surface area contributed by atoms with E-state index in [1.54, 1.807) is 178 Å². The first-order chi connectivity index (χ1) is 62.2. The molecule has 130 heavy (non-hydrogen) atoms. The maximum atomic E-state index is 11.4. The number of anilines is 7. The van der Waals surface area contributed by atoms with Crippen LogP contribution in [0, 0.1) is 41.5 Å². The monoisotopic (exact) mass is 1770 g/mol. The zero-order chi connectivity index (χ0) is 93.6. The minimum atomic E-state index is -0.170. The van der Waals surface area contributed by atoms with E-state index in [-0.39, 0.29) is 35.3 Å². The van der Waals surface area contributed by atoms with Gasteiger partial charge in [-0.05, 0) is 84.1 Å². The summed E-state index contributed by atoms with van der Waals surface area (Å²) in [5.74, 6) is 14.2. The number of H-pyrrole nitrogens is 1. The Kier molecular flexibility index (Phi) is 31.4. The first-order valence-electron chi connectivity index (χ1n) is 40.6. The molecule has 1 fully saturated rings. The number of nitrogen functional groups attached to an aromatic ring is 6. The molecule has 15 heterocycles. The third-order valence-corrected chi connectivity index (χ3v) is 18.8. The molecule has 0 aromatic carbocycles. The van der Waals surface area contributed by atoms with Gasteiger partial charge in [-0.15, -0.1) is 0 Å². The SMILES string of the molecule is CC(=O)n1cc(-c2cc(Oc3cnc(C)nc3N)c(C(C)C)cn2)cn1.COc1cc(Oc2cnc(C)nc2N)c(C2CC2)cn1.COc1cc(Oc2cnc(C)nc2N)c(N(C)C)cn1.COc1cc(Oc2cnc(C)nc2N)ccn1.Cc1ncc(Oc2cc(-c3cn[nH]c3)ncc2C(C)C)c(N)n1.Cc1ncc(Oc2cc(-c3cnn(C)c3)ncc2C(C)C)c(N)n1. The number of rotatable bonds is 23. The van der Waals surface area contributed by atoms with Crippen LogP contribution >= 0.6 is 0 Å². The van der Waals surface area contributed by atoms with Gasteiger partial charge in [0.05, 0.1) is 106 Å². The van der Waals surface area contributed by atoms with E-state index in [2.05, 4.69) is 138 Å². The number of nitrogens with two attached hydrogens (primary N) is 6. The third-order valence-electron chi connectivity index (χ3n) is 18.8. The summed E-state index contributed by atoms with van der Waals surface area (Å²) in [6.45, 7) is 24.5. The summed E-state index contributed by atoms with van der Waals surface area (Å²) in [6, 6.07) is 12.4. The second kappa shape index (κ2) is 43.4. The highest BCUT2D eigenvalue weighted by Gasteiger charge is 2.29. The van der Waals surface area contributed by atoms with Gasteiger partial charge in [0.15, 0.2) is 75.2 Å². The zero-order valence-electron chi connectivity index (χ0n) is 75.4. The lowest BCUT2D eigenvalue weighted by Crippen LogP contribution is -2.11. The smallest absolute Gasteiger partial charge is 0.243 e. The van der Waals surface area contributed by atoms with Crippen LogP contribution < -0.4 is 81.9 Å². The maximum Gasteiger partial charge on any atom is 0.243 e. The molecule has 1 saturated carbocycles. The topological polar surface area (TPSA) is 556 Å². The first kappa shape index (κ1) is 94.2. The lowest BCUT2D eigenvalue weighted by atomic mass is 10.0. The molecule has 16 rings (SSSR count). The highest BCUT2D eigenvalue weighted by molar-refractivity contribution is 5.77. The minimum absolute atomic E-state index is 0.170. The van der Waals surface area contributed by atoms with Crippen molar-refractivity contribution in [1.29, 1.82) is 0 Å². The predicted octanol–water partition coefficient (Wildman–Crippen LogP) is 15.0. The molecule has 0 radical (unpaired) electrons. The van der Waals surface area contributed by atoms with Gasteiger partial charge in [0, 0.05) is 153 Å². The first-order valence-corrected chi connectivity index (χ1v) is 40.6. The predicted molar refractivity (Wildman–Crippen MR) is 488 cm³/mol. The van der Waals surface area contributed by atoms with E-state index in [1.807, 2.05) is 70.6 Å². The number of hydrogen-bond donors (Lipinski definition) is 7. The van der Waals surface area contributed by atoms with E-state index in [4.69, 9.17) is 77.0 Å². The molecule has 41 heteroatoms. The van der Waals surface area contributed by atoms with Gasteiger partial charge in [-0.3, -0.25) is 29.5 Å². The molecule has 1 aliphatic rings. The molecule has 0 atom stereocenters. The molecular weight excluding hydrogens is 1660 g/mol. The Morgan fingerprint density at radius 3 is 1.11 bits per heavy atom. The average molecular weight is 1770 g/mol. The van der Waals surface area contributed by atoms with Crippen molar-refractivity contribution >= 4 is 46.5 Å². The highest BCUT2D eigenvalue weighted by Crippen LogP contribution is 2.47. The Morgan fingerprint density at radius 1 is 0.400 bits per heavy atom. The van der Waals surface area contributed by atoms with E-state index in [0.717, 1.165) is 63.3 Å². The fraction of sp³-hybridized carbons (Fsp3) is 0.281. The summed E-state index contributed by atoms with van der Waals surface area (Å²) < 4.78 is 53.4. The van der Waals surface area contributed by atoms with Crippen LogP contribution in [0.3, 0.4) is 0 Å². The van der Waals surface area contributed by atoms with Gasteiger partial charge in [-0.1, -0.05) is 41.5 Å². The van der Waals surface area contributed by atoms with Crippen molar-refractivity contribution in [2.24, 2.45) is 7.05 Å². The molecule has 0 unspecified atom stereocenters. The van der Waals surface area contributed by atoms with Crippen molar-refractivity contribution < 1.29 is 47.4 Å². The lowest BCUT2D eigenvalue weighted by Gasteiger charge is -2.18. The van der Waals surface area contributed by atoms with E-state index in [1.165, 1.54) is 24.9 Å². The van der Waals surface area contributed by atoms with Gasteiger partial charge >= 0.3 is 0 Å². The summed E-state index contributed by atoms with van der Waals surface area (Å²) in [5.41, 5.74) is 44.7. The van der Waals surface area contributed by atoms with Crippen molar-refractivity contribution in [3.05, 3.63) is 211 Å². The molecule has 15 aromatic rings. The number of aromatic nitrogens is 24. The van der Waals surface area contributed by atoms with Crippen LogP contribution in [0.15, 0.2) is 154 Å². The molecule has 41 nitrogen and oxygen atoms in total. The number of ether oxygens (including phenoxy) is 9. The fourth-order valence-corrected chi connectivity index (χ4v) is 11.8. The zero-order valence-corrected chi connectivity index (χ0v) is 75.4. The van der Waals surface area contributed by atoms with Crippen LogP contribution in [0.1, 0.15) is 147 Å². The molecule has 13 N–H and O–H groups in total. The molecule has 0 spiro atoms. The number of nitrogens with zero attached hydrogens (tertiary/aromatic N) is 24. The summed E-state index contributed by atoms with van der Waals surface area (Å²) >= 11 is 0. The number of pyridine rings is 6. The number of aromatic amines is 1. The van der Waals surface area contributed by atoms with Crippen LogP contribution in [0.5, 0.6) is 86.6 Å². The molecule has 0 bridgehead atoms. The summed E-state index contributed by atoms with van der Waals surface area (Å²) in [5, 5.41) is 14.9. The van der Waals surface area contributed by atoms with Gasteiger partial charge < -0.3 is 81.9 Å². The summed E-state index contributed by atoms with van der Waals surface area (Å²) in [7, 11) is 10.3. The van der Waals surface area contributed by atoms with Crippen molar-refractivity contribution in [1.82, 2.24) is 119 Å². The Morgan fingerprint density at radius 2 is 0.762 bits per heavy atom. The van der Waals surface area contributed by atoms with Gasteiger partial charge in [0.25, 0.3) is 0 Å². The van der Waals surface area contributed by atoms with Crippen LogP contribution in [-0.2, 0) is 7.05 Å². The van der Waals surface area contributed by atoms with Gasteiger partial charge in [0.2, 0.25) is 23.5 Å². The van der Waals surface area contributed by atoms with Gasteiger partial charge in [-0.25, -0.2) is 79.4 Å². The number of carbonyl (C=O) groups excluding carboxylic acids is 1. The normalized spacial score (nSPS) is 11.2. The van der Waals surface area contributed by atoms with Crippen LogP contribution in [0.25, 0.3) is 33.8 Å². The number of hydrogen-bond acceptors (Lipinski definition) is 38. The standard InChI is InChI=1S/C18H20N6O2.C17H20N6O.C16H18N6O.C14H16N4O2.C13H17N5O2.C11H12N4O2/c1-10(2)14-7-21-15(13-6-22-24(9-13)12(4)25)5-16(14)26-17-8-20-11(3)23-18(17)19;1-10(2)13-7-20-14(12-6-21-23(4)9-12)5-15(13)24-16-8-19-11(3)22-17(16)18;1-9(2)12-7-19-13(11-5-20-21-6-11)4-14(12)23-15-8-18-10(3)22-16(15)17;1-8-16-7-12(14(15)18-8)20-11-5-13(19-2)17-6-10(11)9-3-4-9;1-8-15-7-11(13(14)17-8)20-10-5-12(19-4)16-6-9(10)18(2)3;1-7-14-6-9(11(12)15-7)17-8-3-4-13-10(5-8)16-2/h5-10H,1-4H3,(H2,19,20,23);5-10H,1-4H3,(H2,18,19,22);4-9H,1-3H3,(H,20,21)(H2,17,18,22);5-7,9H,3-4H2,1-2H3,(H2,15,16,18);5-7H,1-4H3,(H2,14,15,17);3-6H,1-2H3,(H2,12,14,15). The van der Waals surface area contributed by atoms with Crippen molar-refractivity contribution in [3.8, 4) is 120 Å². The lowest BCUT2D eigenvalue weighted by molar-refractivity contribution is 0.0921. The van der Waals surface area contributed by atoms with E-state index in [9.17, 15) is 4.79 Å². The third kappa shape index (κ3) is 25.6. The molecule has 15 aromatic heterocycles. The Labute approximate surface area is 749 Å². The fourth-order valence-electron chi connectivity index (χ4n) is 11.8. The second-order valence-corrected chi connectivity index (χ2v) is 30.1. The number of carbonyl (C=O) groups is 1. The van der Waals surface area contributed by atoms with Gasteiger partial charge in [-0.2, -0.15) is 15.3 Å². The van der Waals surface area contributed by atoms with Gasteiger partial charge in [0.1, 0.15) is 63.7 Å². The minimum Gasteiger partial charge on any atom is -0.481 e. The van der Waals surface area contributed by atoms with Crippen molar-refractivity contribution in [3.63, 3.8) is 0 Å². The number of aryl methyl sites for hydroxylation is 7. The van der Waals surface area contributed by atoms with E-state index >= 15 is 0 Å². The molecule has 0 aliphatic heterocycles. The number of methoxy groups -OCH3 is 3. The summed E-state index contributed by atoms with van der Waals surface area (Å²) in [4.78, 5) is 88.3. The van der Waals surface area contributed by atoms with Crippen LogP contribution in [0.2, 0.25) is 0 Å². The molecule has 0 saturated heterocycles. The highest BCUT2D eigenvalue weighted by atomic mass is 16.5. The largest absolute Gasteiger partial charge is 0.481 e. The Balaban J connectivity index is 0.000000151. The maximum absolute atomic E-state index is 11.4. The average Bonchev–Trinajstić information content (AvgIpc) is 1.53. The molecular formula is C89H103N31O10. The van der Waals surface area contributed by atoms with Crippen molar-refractivity contribution in [2.45, 2.75) is 127 Å². The number of nitrogens with one attached hydrogen (secondary N) is 1. The Bertz CT molecular complexity index is 6280. The van der Waals surface area contributed by atoms with E-state index in [0.29, 0.717) is 162 Å².